The summed E-state index contributed by atoms with van der Waals surface area (Å²) in [5, 5.41) is 3.36. The van der Waals surface area contributed by atoms with Crippen LogP contribution in [0, 0.1) is 0 Å². The van der Waals surface area contributed by atoms with Crippen LogP contribution in [0.1, 0.15) is 25.0 Å². The molecule has 10 rings (SSSR count). The maximum Gasteiger partial charge on any atom is 0.164 e. The molecule has 0 N–H and O–H groups in total. The molecule has 250 valence electrons. The van der Waals surface area contributed by atoms with Crippen molar-refractivity contribution in [2.45, 2.75) is 19.3 Å². The lowest BCUT2D eigenvalue weighted by atomic mass is 9.82. The largest absolute Gasteiger partial charge is 0.248 e. The van der Waals surface area contributed by atoms with Crippen LogP contribution < -0.4 is 0 Å². The summed E-state index contributed by atoms with van der Waals surface area (Å²) < 4.78 is 0. The lowest BCUT2D eigenvalue weighted by Gasteiger charge is -2.22. The summed E-state index contributed by atoms with van der Waals surface area (Å²) in [7, 11) is 0. The van der Waals surface area contributed by atoms with E-state index in [1.807, 2.05) is 60.7 Å². The predicted molar refractivity (Wildman–Crippen MR) is 217 cm³/mol. The number of nitrogens with zero attached hydrogens (tertiary/aromatic N) is 4. The zero-order chi connectivity index (χ0) is 35.5. The van der Waals surface area contributed by atoms with E-state index in [4.69, 9.17) is 19.9 Å². The second kappa shape index (κ2) is 12.2. The molecule has 53 heavy (non-hydrogen) atoms. The summed E-state index contributed by atoms with van der Waals surface area (Å²) >= 11 is 0. The topological polar surface area (TPSA) is 51.6 Å². The van der Waals surface area contributed by atoms with Crippen LogP contribution in [0.5, 0.6) is 0 Å². The number of hydrogen-bond acceptors (Lipinski definition) is 4. The lowest BCUT2D eigenvalue weighted by molar-refractivity contribution is 0.661. The highest BCUT2D eigenvalue weighted by molar-refractivity contribution is 6.05. The third kappa shape index (κ3) is 5.22. The highest BCUT2D eigenvalue weighted by Crippen LogP contribution is 2.50. The van der Waals surface area contributed by atoms with Crippen LogP contribution in [0.15, 0.2) is 170 Å². The van der Waals surface area contributed by atoms with Gasteiger partial charge in [0.05, 0.1) is 11.2 Å². The minimum Gasteiger partial charge on any atom is -0.248 e. The Morgan fingerprint density at radius 2 is 0.925 bits per heavy atom. The molecule has 0 spiro atoms. The fourth-order valence-electron chi connectivity index (χ4n) is 8.00. The molecule has 0 unspecified atom stereocenters. The van der Waals surface area contributed by atoms with Crippen LogP contribution in [-0.4, -0.2) is 19.9 Å². The number of hydrogen-bond donors (Lipinski definition) is 0. The molecular formula is C49H34N4. The number of pyridine rings is 1. The molecule has 0 saturated carbocycles. The third-order valence-electron chi connectivity index (χ3n) is 10.7. The highest BCUT2D eigenvalue weighted by Gasteiger charge is 2.36. The van der Waals surface area contributed by atoms with Gasteiger partial charge in [-0.15, -0.1) is 0 Å². The second-order valence-electron chi connectivity index (χ2n) is 14.3. The number of aromatic nitrogens is 4. The summed E-state index contributed by atoms with van der Waals surface area (Å²) in [4.78, 5) is 20.6. The molecule has 0 radical (unpaired) electrons. The van der Waals surface area contributed by atoms with Gasteiger partial charge < -0.3 is 0 Å². The monoisotopic (exact) mass is 678 g/mol. The van der Waals surface area contributed by atoms with E-state index < -0.39 is 0 Å². The number of rotatable bonds is 5. The molecule has 0 saturated heterocycles. The van der Waals surface area contributed by atoms with Crippen molar-refractivity contribution in [1.29, 1.82) is 0 Å². The Labute approximate surface area is 308 Å². The van der Waals surface area contributed by atoms with Crippen molar-refractivity contribution in [2.75, 3.05) is 0 Å². The van der Waals surface area contributed by atoms with Gasteiger partial charge >= 0.3 is 0 Å². The maximum atomic E-state index is 5.50. The first kappa shape index (κ1) is 31.0. The average Bonchev–Trinajstić information content (AvgIpc) is 3.45. The first-order valence-electron chi connectivity index (χ1n) is 18.1. The molecule has 4 heteroatoms. The Morgan fingerprint density at radius 1 is 0.358 bits per heavy atom. The van der Waals surface area contributed by atoms with E-state index in [-0.39, 0.29) is 5.41 Å². The number of fused-ring (bicyclic) bond motifs is 5. The van der Waals surface area contributed by atoms with Gasteiger partial charge in [-0.1, -0.05) is 153 Å². The standard InChI is InChI=1S/C49H34N4/c1-49(2)42-25-15-14-24-37(42)39-28-41-38(31-16-6-3-7-17-31)29-44(50-45(41)30-43(39)49)40-27-35(26-34-22-12-13-23-36(34)40)48-52-46(32-18-8-4-9-19-32)51-47(53-48)33-20-10-5-11-21-33/h3-30H,1-2H3. The third-order valence-corrected chi connectivity index (χ3v) is 10.7. The Morgan fingerprint density at radius 3 is 1.60 bits per heavy atom. The van der Waals surface area contributed by atoms with Crippen molar-refractivity contribution in [1.82, 2.24) is 19.9 Å². The summed E-state index contributed by atoms with van der Waals surface area (Å²) in [6.45, 7) is 4.65. The van der Waals surface area contributed by atoms with Gasteiger partial charge in [0, 0.05) is 33.1 Å². The average molecular weight is 679 g/mol. The van der Waals surface area contributed by atoms with Crippen LogP contribution in [0.2, 0.25) is 0 Å². The Kier molecular flexibility index (Phi) is 7.12. The van der Waals surface area contributed by atoms with E-state index >= 15 is 0 Å². The van der Waals surface area contributed by atoms with Crippen LogP contribution in [0.25, 0.3) is 89.4 Å². The SMILES string of the molecule is CC1(C)c2ccccc2-c2cc3c(-c4ccccc4)cc(-c4cc(-c5nc(-c6ccccc6)nc(-c6ccccc6)n5)cc5ccccc45)nc3cc21. The van der Waals surface area contributed by atoms with Crippen LogP contribution >= 0.6 is 0 Å². The molecule has 0 bridgehead atoms. The zero-order valence-corrected chi connectivity index (χ0v) is 29.5. The van der Waals surface area contributed by atoms with E-state index in [1.165, 1.54) is 22.3 Å². The summed E-state index contributed by atoms with van der Waals surface area (Å²) in [6.07, 6.45) is 0. The zero-order valence-electron chi connectivity index (χ0n) is 29.5. The minimum atomic E-state index is -0.136. The van der Waals surface area contributed by atoms with Gasteiger partial charge in [0.25, 0.3) is 0 Å². The quantitative estimate of drug-likeness (QED) is 0.182. The molecule has 1 aliphatic rings. The van der Waals surface area contributed by atoms with Gasteiger partial charge in [0.1, 0.15) is 0 Å². The molecule has 0 amide bonds. The van der Waals surface area contributed by atoms with Crippen molar-refractivity contribution in [3.63, 3.8) is 0 Å². The van der Waals surface area contributed by atoms with Gasteiger partial charge in [-0.3, -0.25) is 0 Å². The van der Waals surface area contributed by atoms with Crippen molar-refractivity contribution in [3.8, 4) is 67.7 Å². The smallest absolute Gasteiger partial charge is 0.164 e. The van der Waals surface area contributed by atoms with Crippen molar-refractivity contribution >= 4 is 21.7 Å². The summed E-state index contributed by atoms with van der Waals surface area (Å²) in [5.74, 6) is 1.89. The van der Waals surface area contributed by atoms with Crippen LogP contribution in [-0.2, 0) is 5.41 Å². The van der Waals surface area contributed by atoms with E-state index in [2.05, 4.69) is 123 Å². The fourth-order valence-corrected chi connectivity index (χ4v) is 8.00. The molecule has 7 aromatic carbocycles. The fraction of sp³-hybridized carbons (Fsp3) is 0.0612. The first-order valence-corrected chi connectivity index (χ1v) is 18.1. The van der Waals surface area contributed by atoms with E-state index in [9.17, 15) is 0 Å². The molecule has 1 aliphatic carbocycles. The molecule has 9 aromatic rings. The molecule has 0 fully saturated rings. The maximum absolute atomic E-state index is 5.50. The predicted octanol–water partition coefficient (Wildman–Crippen LogP) is 12.2. The molecule has 2 aromatic heterocycles. The van der Waals surface area contributed by atoms with Gasteiger partial charge in [-0.05, 0) is 74.5 Å². The molecular weight excluding hydrogens is 645 g/mol. The second-order valence-corrected chi connectivity index (χ2v) is 14.3. The van der Waals surface area contributed by atoms with E-state index in [1.54, 1.807) is 0 Å². The van der Waals surface area contributed by atoms with Crippen molar-refractivity contribution in [2.24, 2.45) is 0 Å². The molecule has 0 aliphatic heterocycles. The van der Waals surface area contributed by atoms with Crippen LogP contribution in [0.3, 0.4) is 0 Å². The van der Waals surface area contributed by atoms with Gasteiger partial charge in [0.15, 0.2) is 17.5 Å². The van der Waals surface area contributed by atoms with Gasteiger partial charge in [-0.25, -0.2) is 19.9 Å². The number of benzene rings is 7. The molecule has 2 heterocycles. The Hall–Kier alpha value is -6.78. The lowest BCUT2D eigenvalue weighted by Crippen LogP contribution is -2.14. The highest BCUT2D eigenvalue weighted by atomic mass is 15.0. The Balaban J connectivity index is 1.23. The normalized spacial score (nSPS) is 12.9. The van der Waals surface area contributed by atoms with Gasteiger partial charge in [0.2, 0.25) is 0 Å². The van der Waals surface area contributed by atoms with Gasteiger partial charge in [-0.2, -0.15) is 0 Å². The molecule has 0 atom stereocenters. The summed E-state index contributed by atoms with van der Waals surface area (Å²) in [6, 6.07) is 59.6. The van der Waals surface area contributed by atoms with Crippen molar-refractivity contribution in [3.05, 3.63) is 181 Å². The first-order chi connectivity index (χ1) is 26.0. The van der Waals surface area contributed by atoms with E-state index in [0.717, 1.165) is 60.8 Å². The van der Waals surface area contributed by atoms with E-state index in [0.29, 0.717) is 17.5 Å². The minimum absolute atomic E-state index is 0.136. The Bertz CT molecular complexity index is 2790. The molecule has 4 nitrogen and oxygen atoms in total. The van der Waals surface area contributed by atoms with Crippen molar-refractivity contribution < 1.29 is 0 Å². The summed E-state index contributed by atoms with van der Waals surface area (Å²) in [5.41, 5.74) is 13.1. The van der Waals surface area contributed by atoms with Crippen LogP contribution in [0.4, 0.5) is 0 Å².